The van der Waals surface area contributed by atoms with Gasteiger partial charge in [-0.25, -0.2) is 15.0 Å². The van der Waals surface area contributed by atoms with Gasteiger partial charge in [0.25, 0.3) is 0 Å². The van der Waals surface area contributed by atoms with E-state index in [0.29, 0.717) is 5.82 Å². The van der Waals surface area contributed by atoms with Gasteiger partial charge in [-0.3, -0.25) is 0 Å². The van der Waals surface area contributed by atoms with Crippen molar-refractivity contribution in [2.75, 3.05) is 0 Å². The Morgan fingerprint density at radius 2 is 0.982 bits per heavy atom. The maximum absolute atomic E-state index is 6.71. The van der Waals surface area contributed by atoms with Gasteiger partial charge in [0.1, 0.15) is 11.2 Å². The predicted octanol–water partition coefficient (Wildman–Crippen LogP) is 13.6. The molecule has 0 saturated heterocycles. The molecule has 4 heteroatoms. The van der Waals surface area contributed by atoms with Crippen molar-refractivity contribution in [3.05, 3.63) is 188 Å². The van der Waals surface area contributed by atoms with E-state index < -0.39 is 0 Å². The average Bonchev–Trinajstić information content (AvgIpc) is 3.66. The summed E-state index contributed by atoms with van der Waals surface area (Å²) in [5.74, 6) is 0.663. The molecule has 11 aromatic rings. The molecule has 4 nitrogen and oxygen atoms in total. The first-order valence-electron chi connectivity index (χ1n) is 18.5. The molecule has 0 atom stereocenters. The number of furan rings is 1. The summed E-state index contributed by atoms with van der Waals surface area (Å²) >= 11 is 0. The molecule has 3 aromatic heterocycles. The van der Waals surface area contributed by atoms with Crippen molar-refractivity contribution in [2.24, 2.45) is 0 Å². The summed E-state index contributed by atoms with van der Waals surface area (Å²) in [5, 5.41) is 7.96. The normalized spacial score (nSPS) is 11.6. The Labute approximate surface area is 317 Å². The molecule has 0 spiro atoms. The highest BCUT2D eigenvalue weighted by Crippen LogP contribution is 2.43. The van der Waals surface area contributed by atoms with Crippen molar-refractivity contribution in [3.63, 3.8) is 0 Å². The number of fused-ring (bicyclic) bond motifs is 8. The van der Waals surface area contributed by atoms with Crippen molar-refractivity contribution < 1.29 is 4.42 Å². The van der Waals surface area contributed by atoms with Crippen LogP contribution in [0, 0.1) is 0 Å². The maximum Gasteiger partial charge on any atom is 0.160 e. The van der Waals surface area contributed by atoms with Crippen LogP contribution in [0.25, 0.3) is 111 Å². The number of hydrogen-bond donors (Lipinski definition) is 0. The fraction of sp³-hybridized carbons (Fsp3) is 0. The van der Waals surface area contributed by atoms with E-state index in [1.807, 2.05) is 48.5 Å². The van der Waals surface area contributed by atoms with Crippen LogP contribution in [-0.2, 0) is 0 Å². The first-order valence-corrected chi connectivity index (χ1v) is 18.5. The molecule has 0 fully saturated rings. The van der Waals surface area contributed by atoms with Crippen LogP contribution < -0.4 is 0 Å². The number of para-hydroxylation sites is 2. The number of hydrogen-bond acceptors (Lipinski definition) is 4. The van der Waals surface area contributed by atoms with Crippen LogP contribution in [0.2, 0.25) is 0 Å². The van der Waals surface area contributed by atoms with Gasteiger partial charge in [0, 0.05) is 33.0 Å². The zero-order valence-electron chi connectivity index (χ0n) is 29.6. The first-order chi connectivity index (χ1) is 27.3. The van der Waals surface area contributed by atoms with Gasteiger partial charge in [-0.2, -0.15) is 0 Å². The molecule has 0 unspecified atom stereocenters. The fourth-order valence-electron chi connectivity index (χ4n) is 8.06. The van der Waals surface area contributed by atoms with E-state index >= 15 is 0 Å². The maximum atomic E-state index is 6.71. The topological polar surface area (TPSA) is 51.8 Å². The SMILES string of the molecule is c1ccc(-c2cc(-c3cccc4c3nc(-c3ccc(-c5cc6ccccc6c6ccccc56)cc3)c3c5ccccc5oc43)nc(-c3ccccc3)n2)cc1. The van der Waals surface area contributed by atoms with Crippen LogP contribution in [0.4, 0.5) is 0 Å². The van der Waals surface area contributed by atoms with Crippen molar-refractivity contribution in [2.45, 2.75) is 0 Å². The van der Waals surface area contributed by atoms with Gasteiger partial charge in [-0.1, -0.05) is 164 Å². The highest BCUT2D eigenvalue weighted by atomic mass is 16.3. The first kappa shape index (κ1) is 31.1. The van der Waals surface area contributed by atoms with Crippen LogP contribution in [0.5, 0.6) is 0 Å². The zero-order valence-corrected chi connectivity index (χ0v) is 29.6. The second kappa shape index (κ2) is 12.6. The Bertz CT molecular complexity index is 3180. The minimum Gasteiger partial charge on any atom is -0.455 e. The second-order valence-corrected chi connectivity index (χ2v) is 13.9. The molecular formula is C51H31N3O. The summed E-state index contributed by atoms with van der Waals surface area (Å²) < 4.78 is 6.71. The average molecular weight is 702 g/mol. The lowest BCUT2D eigenvalue weighted by Crippen LogP contribution is -1.97. The third kappa shape index (κ3) is 5.19. The summed E-state index contributed by atoms with van der Waals surface area (Å²) in [7, 11) is 0. The fourth-order valence-corrected chi connectivity index (χ4v) is 8.06. The Balaban J connectivity index is 1.14. The smallest absolute Gasteiger partial charge is 0.160 e. The quantitative estimate of drug-likeness (QED) is 0.168. The van der Waals surface area contributed by atoms with Gasteiger partial charge in [0.05, 0.1) is 28.0 Å². The molecule has 11 rings (SSSR count). The van der Waals surface area contributed by atoms with E-state index in [4.69, 9.17) is 19.4 Å². The minimum atomic E-state index is 0.663. The lowest BCUT2D eigenvalue weighted by Gasteiger charge is -2.13. The summed E-state index contributed by atoms with van der Waals surface area (Å²) in [6, 6.07) is 65.5. The third-order valence-corrected chi connectivity index (χ3v) is 10.7. The molecule has 256 valence electrons. The van der Waals surface area contributed by atoms with E-state index in [1.165, 1.54) is 27.1 Å². The third-order valence-electron chi connectivity index (χ3n) is 10.7. The number of benzene rings is 8. The summed E-state index contributed by atoms with van der Waals surface area (Å²) in [6.45, 7) is 0. The Hall–Kier alpha value is -7.43. The number of nitrogens with zero attached hydrogens (tertiary/aromatic N) is 3. The molecular weight excluding hydrogens is 671 g/mol. The molecule has 0 saturated carbocycles. The van der Waals surface area contributed by atoms with Crippen molar-refractivity contribution in [1.82, 2.24) is 15.0 Å². The molecule has 55 heavy (non-hydrogen) atoms. The van der Waals surface area contributed by atoms with Crippen LogP contribution in [-0.4, -0.2) is 15.0 Å². The van der Waals surface area contributed by atoms with Crippen LogP contribution in [0.1, 0.15) is 0 Å². The van der Waals surface area contributed by atoms with Crippen molar-refractivity contribution in [3.8, 4) is 56.3 Å². The minimum absolute atomic E-state index is 0.663. The lowest BCUT2D eigenvalue weighted by atomic mass is 9.92. The lowest BCUT2D eigenvalue weighted by molar-refractivity contribution is 0.672. The number of pyridine rings is 1. The monoisotopic (exact) mass is 701 g/mol. The molecule has 0 bridgehead atoms. The van der Waals surface area contributed by atoms with E-state index in [1.54, 1.807) is 0 Å². The summed E-state index contributed by atoms with van der Waals surface area (Å²) in [4.78, 5) is 15.8. The second-order valence-electron chi connectivity index (χ2n) is 13.9. The van der Waals surface area contributed by atoms with E-state index in [0.717, 1.165) is 77.7 Å². The van der Waals surface area contributed by atoms with E-state index in [-0.39, 0.29) is 0 Å². The van der Waals surface area contributed by atoms with Gasteiger partial charge in [-0.15, -0.1) is 0 Å². The zero-order chi connectivity index (χ0) is 36.3. The van der Waals surface area contributed by atoms with Crippen LogP contribution >= 0.6 is 0 Å². The van der Waals surface area contributed by atoms with Crippen LogP contribution in [0.15, 0.2) is 192 Å². The largest absolute Gasteiger partial charge is 0.455 e. The van der Waals surface area contributed by atoms with Gasteiger partial charge < -0.3 is 4.42 Å². The molecule has 3 heterocycles. The van der Waals surface area contributed by atoms with Gasteiger partial charge in [0.15, 0.2) is 5.82 Å². The van der Waals surface area contributed by atoms with Gasteiger partial charge in [-0.05, 0) is 56.9 Å². The molecule has 0 N–H and O–H groups in total. The molecule has 0 aliphatic carbocycles. The number of rotatable bonds is 5. The summed E-state index contributed by atoms with van der Waals surface area (Å²) in [5.41, 5.74) is 11.3. The predicted molar refractivity (Wildman–Crippen MR) is 227 cm³/mol. The van der Waals surface area contributed by atoms with Crippen molar-refractivity contribution >= 4 is 54.4 Å². The Morgan fingerprint density at radius 1 is 0.364 bits per heavy atom. The van der Waals surface area contributed by atoms with Crippen molar-refractivity contribution in [1.29, 1.82) is 0 Å². The molecule has 0 amide bonds. The molecule has 0 radical (unpaired) electrons. The van der Waals surface area contributed by atoms with E-state index in [2.05, 4.69) is 140 Å². The van der Waals surface area contributed by atoms with Gasteiger partial charge in [0.2, 0.25) is 0 Å². The molecule has 8 aromatic carbocycles. The molecule has 0 aliphatic rings. The van der Waals surface area contributed by atoms with E-state index in [9.17, 15) is 0 Å². The highest BCUT2D eigenvalue weighted by Gasteiger charge is 2.21. The molecule has 0 aliphatic heterocycles. The Morgan fingerprint density at radius 3 is 1.78 bits per heavy atom. The van der Waals surface area contributed by atoms with Gasteiger partial charge >= 0.3 is 0 Å². The standard InChI is InChI=1S/C51H31N3O/c1-3-14-33(15-4-1)44-31-45(53-51(52-44)35-16-5-2-6-17-35)40-23-13-24-42-49(40)54-48(47-41-22-11-12-25-46(41)55-50(42)47)34-28-26-32(27-29-34)43-30-36-18-7-8-19-37(36)38-20-9-10-21-39(38)43/h1-31H. The Kier molecular flexibility index (Phi) is 7.14. The number of aromatic nitrogens is 3. The van der Waals surface area contributed by atoms with Crippen LogP contribution in [0.3, 0.4) is 0 Å². The summed E-state index contributed by atoms with van der Waals surface area (Å²) in [6.07, 6.45) is 0. The highest BCUT2D eigenvalue weighted by molar-refractivity contribution is 6.21.